The zero-order valence-corrected chi connectivity index (χ0v) is 25.0. The van der Waals surface area contributed by atoms with Gasteiger partial charge in [0, 0.05) is 56.1 Å². The molecule has 2 N–H and O–H groups in total. The molecule has 6 rings (SSSR count). The predicted molar refractivity (Wildman–Crippen MR) is 166 cm³/mol. The normalized spacial score (nSPS) is 13.0. The Bertz CT molecular complexity index is 2250. The second kappa shape index (κ2) is 9.63. The van der Waals surface area contributed by atoms with E-state index < -0.39 is 33.9 Å². The zero-order valence-electron chi connectivity index (χ0n) is 24.1. The quantitative estimate of drug-likeness (QED) is 0.140. The fourth-order valence-corrected chi connectivity index (χ4v) is 7.08. The molecule has 0 saturated heterocycles. The van der Waals surface area contributed by atoms with E-state index in [9.17, 15) is 29.4 Å². The van der Waals surface area contributed by atoms with Crippen molar-refractivity contribution in [1.29, 1.82) is 0 Å². The maximum Gasteiger partial charge on any atom is 0.197 e. The first-order valence-corrected chi connectivity index (χ1v) is 13.6. The summed E-state index contributed by atoms with van der Waals surface area (Å²) < 4.78 is 22.9. The number of hydrogen-bond acceptors (Lipinski definition) is 10. The first-order valence-electron chi connectivity index (χ1n) is 13.2. The van der Waals surface area contributed by atoms with Crippen LogP contribution in [-0.2, 0) is 22.4 Å². The van der Waals surface area contributed by atoms with Gasteiger partial charge in [-0.25, -0.2) is 0 Å². The highest BCUT2D eigenvalue weighted by atomic mass is 32.1. The van der Waals surface area contributed by atoms with Crippen molar-refractivity contribution in [3.8, 4) is 34.5 Å². The lowest BCUT2D eigenvalue weighted by atomic mass is 9.81. The van der Waals surface area contributed by atoms with Crippen LogP contribution in [-0.4, -0.2) is 49.6 Å². The van der Waals surface area contributed by atoms with Gasteiger partial charge < -0.3 is 29.2 Å². The topological polar surface area (TPSA) is 146 Å². The smallest absolute Gasteiger partial charge is 0.197 e. The van der Waals surface area contributed by atoms with Crippen molar-refractivity contribution in [2.75, 3.05) is 28.4 Å². The maximum atomic E-state index is 14.2. The standard InChI is InChI=1S/C32H26O10S/c1-10-7-12-18-21-19(28(37)31(12)41-5)14(34)9-15(39-3)20(21)25-23-22(18)24(17(10)11(2)33)32(42-6)29(38)26(23)27(36)13(8-16(35)43)30(25)40-4/h9,37-38H,7-8H2,1-6H3,(H,35,43). The summed E-state index contributed by atoms with van der Waals surface area (Å²) >= 11 is 3.90. The number of carbonyl (C=O) groups excluding carboxylic acids is 2. The van der Waals surface area contributed by atoms with Gasteiger partial charge in [-0.1, -0.05) is 5.57 Å². The molecule has 11 heteroatoms. The number of methoxy groups -OCH3 is 4. The minimum atomic E-state index is -0.697. The van der Waals surface area contributed by atoms with E-state index in [1.54, 1.807) is 6.92 Å². The number of phenolic OH excluding ortho intramolecular Hbond substituents is 2. The van der Waals surface area contributed by atoms with Crippen molar-refractivity contribution in [2.24, 2.45) is 0 Å². The van der Waals surface area contributed by atoms with Crippen LogP contribution in [0.25, 0.3) is 48.7 Å². The number of benzene rings is 5. The molecule has 0 atom stereocenters. The highest BCUT2D eigenvalue weighted by molar-refractivity contribution is 7.96. The van der Waals surface area contributed by atoms with Gasteiger partial charge in [0.25, 0.3) is 0 Å². The SMILES string of the molecule is COc1c(O)c2c(=O)cc(OC)c3c4c(OC)c(CC(=O)S)c(=O)c5c(O)c(OC)c6c(c(c1CC(C)=C6C(C)=O)c23)c54. The Morgan fingerprint density at radius 2 is 1.40 bits per heavy atom. The number of thiol groups is 1. The van der Waals surface area contributed by atoms with E-state index >= 15 is 0 Å². The third-order valence-electron chi connectivity index (χ3n) is 8.35. The lowest BCUT2D eigenvalue weighted by Crippen LogP contribution is -2.16. The van der Waals surface area contributed by atoms with Gasteiger partial charge in [0.2, 0.25) is 0 Å². The van der Waals surface area contributed by atoms with Crippen LogP contribution < -0.4 is 29.8 Å². The first kappa shape index (κ1) is 28.4. The van der Waals surface area contributed by atoms with Crippen LogP contribution in [0.4, 0.5) is 0 Å². The lowest BCUT2D eigenvalue weighted by Gasteiger charge is -2.25. The number of hydrogen-bond donors (Lipinski definition) is 3. The molecule has 43 heavy (non-hydrogen) atoms. The van der Waals surface area contributed by atoms with Gasteiger partial charge in [-0.3, -0.25) is 19.2 Å². The molecular weight excluding hydrogens is 576 g/mol. The van der Waals surface area contributed by atoms with Crippen molar-refractivity contribution >= 4 is 72.2 Å². The Balaban J connectivity index is 2.21. The summed E-state index contributed by atoms with van der Waals surface area (Å²) in [6.07, 6.45) is -0.327. The van der Waals surface area contributed by atoms with E-state index in [0.29, 0.717) is 27.3 Å². The number of aromatic hydroxyl groups is 2. The molecular formula is C32H26O10S. The number of phenols is 2. The van der Waals surface area contributed by atoms with Crippen LogP contribution in [0.3, 0.4) is 0 Å². The minimum absolute atomic E-state index is 0.00162. The molecule has 0 aliphatic heterocycles. The molecule has 10 nitrogen and oxygen atoms in total. The van der Waals surface area contributed by atoms with Crippen LogP contribution in [0.15, 0.2) is 21.2 Å². The van der Waals surface area contributed by atoms with Crippen LogP contribution in [0.2, 0.25) is 0 Å². The summed E-state index contributed by atoms with van der Waals surface area (Å²) in [5.74, 6) is -1.27. The maximum absolute atomic E-state index is 14.2. The molecule has 1 aliphatic rings. The Labute approximate surface area is 249 Å². The van der Waals surface area contributed by atoms with Crippen molar-refractivity contribution < 1.29 is 38.7 Å². The van der Waals surface area contributed by atoms with Crippen molar-refractivity contribution in [2.45, 2.75) is 26.7 Å². The van der Waals surface area contributed by atoms with Crippen molar-refractivity contribution in [3.63, 3.8) is 0 Å². The lowest BCUT2D eigenvalue weighted by molar-refractivity contribution is -0.112. The van der Waals surface area contributed by atoms with Gasteiger partial charge in [-0.05, 0) is 25.7 Å². The highest BCUT2D eigenvalue weighted by Gasteiger charge is 2.37. The molecule has 0 saturated carbocycles. The van der Waals surface area contributed by atoms with Gasteiger partial charge in [0.05, 0.1) is 44.8 Å². The molecule has 1 aliphatic carbocycles. The van der Waals surface area contributed by atoms with E-state index in [4.69, 9.17) is 18.9 Å². The van der Waals surface area contributed by atoms with Gasteiger partial charge in [-0.15, -0.1) is 12.6 Å². The molecule has 0 unspecified atom stereocenters. The van der Waals surface area contributed by atoms with Crippen LogP contribution in [0.1, 0.15) is 30.5 Å². The molecule has 5 aromatic rings. The molecule has 0 heterocycles. The van der Waals surface area contributed by atoms with Crippen molar-refractivity contribution in [3.05, 3.63) is 48.8 Å². The highest BCUT2D eigenvalue weighted by Crippen LogP contribution is 2.58. The average molecular weight is 603 g/mol. The van der Waals surface area contributed by atoms with Crippen LogP contribution in [0, 0.1) is 0 Å². The summed E-state index contributed by atoms with van der Waals surface area (Å²) in [6.45, 7) is 3.12. The Kier molecular flexibility index (Phi) is 6.35. The number of carbonyl (C=O) groups is 2. The van der Waals surface area contributed by atoms with Gasteiger partial charge in [0.15, 0.2) is 44.8 Å². The number of rotatable bonds is 7. The summed E-state index contributed by atoms with van der Waals surface area (Å²) in [7, 11) is 5.36. The monoisotopic (exact) mass is 602 g/mol. The number of Topliss-reactive ketones (excluding diaryl/α,β-unsaturated/α-hetero) is 1. The summed E-state index contributed by atoms with van der Waals surface area (Å²) in [5.41, 5.74) is 0.129. The fourth-order valence-electron chi connectivity index (χ4n) is 6.92. The average Bonchev–Trinajstić information content (AvgIpc) is 3.08. The second-order valence-corrected chi connectivity index (χ2v) is 11.0. The third kappa shape index (κ3) is 3.48. The van der Waals surface area contributed by atoms with Gasteiger partial charge in [0.1, 0.15) is 11.5 Å². The second-order valence-electron chi connectivity index (χ2n) is 10.5. The van der Waals surface area contributed by atoms with Gasteiger partial charge in [-0.2, -0.15) is 0 Å². The van der Waals surface area contributed by atoms with Crippen LogP contribution in [0.5, 0.6) is 34.5 Å². The first-order chi connectivity index (χ1) is 20.4. The largest absolute Gasteiger partial charge is 0.504 e. The van der Waals surface area contributed by atoms with E-state index in [1.165, 1.54) is 41.4 Å². The number of fused-ring (bicyclic) bond motifs is 1. The molecule has 0 fully saturated rings. The van der Waals surface area contributed by atoms with E-state index in [2.05, 4.69) is 12.6 Å². The van der Waals surface area contributed by atoms with Crippen LogP contribution >= 0.6 is 12.6 Å². The molecule has 0 aromatic heterocycles. The van der Waals surface area contributed by atoms with E-state index in [0.717, 1.165) is 0 Å². The summed E-state index contributed by atoms with van der Waals surface area (Å²) in [4.78, 5) is 53.4. The number of ether oxygens (including phenoxy) is 4. The van der Waals surface area contributed by atoms with E-state index in [1.807, 2.05) is 0 Å². The molecule has 0 spiro atoms. The number of ketones is 1. The van der Waals surface area contributed by atoms with Gasteiger partial charge >= 0.3 is 0 Å². The third-order valence-corrected chi connectivity index (χ3v) is 8.50. The number of allylic oxidation sites excluding steroid dienone is 2. The molecule has 0 amide bonds. The predicted octanol–water partition coefficient (Wildman–Crippen LogP) is 4.26. The Morgan fingerprint density at radius 3 is 1.95 bits per heavy atom. The molecule has 220 valence electrons. The van der Waals surface area contributed by atoms with E-state index in [-0.39, 0.29) is 78.8 Å². The molecule has 0 bridgehead atoms. The molecule has 0 radical (unpaired) electrons. The Hall–Kier alpha value is -4.77. The fraction of sp³-hybridized carbons (Fsp3) is 0.250. The van der Waals surface area contributed by atoms with Crippen molar-refractivity contribution in [1.82, 2.24) is 0 Å². The summed E-state index contributed by atoms with van der Waals surface area (Å²) in [5, 5.41) is 24.1. The molecule has 5 aromatic carbocycles. The summed E-state index contributed by atoms with van der Waals surface area (Å²) in [6, 6.07) is 1.21. The zero-order chi connectivity index (χ0) is 31.2. The Morgan fingerprint density at radius 1 is 0.791 bits per heavy atom. The minimum Gasteiger partial charge on any atom is -0.504 e.